The van der Waals surface area contributed by atoms with Gasteiger partial charge in [0.05, 0.1) is 17.3 Å². The smallest absolute Gasteiger partial charge is 0.407 e. The van der Waals surface area contributed by atoms with Crippen LogP contribution in [0.15, 0.2) is 77.7 Å². The Bertz CT molecular complexity index is 1280. The zero-order valence-corrected chi connectivity index (χ0v) is 24.7. The summed E-state index contributed by atoms with van der Waals surface area (Å²) >= 11 is 7.90. The van der Waals surface area contributed by atoms with E-state index in [1.807, 2.05) is 54.6 Å². The monoisotopic (exact) mass is 581 g/mol. The van der Waals surface area contributed by atoms with Gasteiger partial charge in [0.25, 0.3) is 0 Å². The Morgan fingerprint density at radius 2 is 1.70 bits per heavy atom. The van der Waals surface area contributed by atoms with Gasteiger partial charge in [-0.25, -0.2) is 9.78 Å². The largest absolute Gasteiger partial charge is 0.491 e. The van der Waals surface area contributed by atoms with Gasteiger partial charge in [0, 0.05) is 36.2 Å². The van der Waals surface area contributed by atoms with E-state index in [-0.39, 0.29) is 5.91 Å². The van der Waals surface area contributed by atoms with Gasteiger partial charge >= 0.3 is 6.09 Å². The molecule has 3 rings (SSSR count). The van der Waals surface area contributed by atoms with E-state index in [2.05, 4.69) is 22.8 Å². The molecule has 2 amide bonds. The minimum atomic E-state index is -0.550. The van der Waals surface area contributed by atoms with Crippen molar-refractivity contribution in [3.05, 3.63) is 94.8 Å². The van der Waals surface area contributed by atoms with E-state index in [9.17, 15) is 9.59 Å². The molecule has 2 N–H and O–H groups in total. The van der Waals surface area contributed by atoms with Crippen molar-refractivity contribution < 1.29 is 19.1 Å². The number of nitrogens with zero attached hydrogens (tertiary/aromatic N) is 1. The van der Waals surface area contributed by atoms with Gasteiger partial charge in [0.15, 0.2) is 0 Å². The zero-order valence-electron chi connectivity index (χ0n) is 23.1. The van der Waals surface area contributed by atoms with E-state index in [0.717, 1.165) is 17.0 Å². The lowest BCUT2D eigenvalue weighted by Gasteiger charge is -2.19. The molecule has 3 aromatic rings. The number of thioether (sulfide) groups is 1. The number of pyridine rings is 1. The normalized spacial score (nSPS) is 11.3. The topological polar surface area (TPSA) is 89.6 Å². The van der Waals surface area contributed by atoms with Crippen LogP contribution >= 0.6 is 23.4 Å². The van der Waals surface area contributed by atoms with Gasteiger partial charge in [-0.2, -0.15) is 0 Å². The van der Waals surface area contributed by atoms with Gasteiger partial charge in [-0.15, -0.1) is 11.8 Å². The van der Waals surface area contributed by atoms with Gasteiger partial charge in [-0.3, -0.25) is 4.79 Å². The summed E-state index contributed by atoms with van der Waals surface area (Å²) in [6.07, 6.45) is 3.96. The Kier molecular flexibility index (Phi) is 12.4. The number of hydrogen-bond donors (Lipinski definition) is 2. The van der Waals surface area contributed by atoms with Gasteiger partial charge in [0.1, 0.15) is 17.0 Å². The van der Waals surface area contributed by atoms with Crippen LogP contribution in [0.2, 0.25) is 5.02 Å². The molecule has 0 fully saturated rings. The summed E-state index contributed by atoms with van der Waals surface area (Å²) in [5.74, 6) is 0.962. The molecule has 1 aromatic heterocycles. The van der Waals surface area contributed by atoms with Crippen LogP contribution in [0.3, 0.4) is 0 Å². The summed E-state index contributed by atoms with van der Waals surface area (Å²) in [6, 6.07) is 21.6. The summed E-state index contributed by atoms with van der Waals surface area (Å²) in [4.78, 5) is 29.9. The highest BCUT2D eigenvalue weighted by Crippen LogP contribution is 2.30. The van der Waals surface area contributed by atoms with Crippen molar-refractivity contribution in [2.45, 2.75) is 49.9 Å². The zero-order chi connectivity index (χ0) is 28.8. The molecule has 0 saturated heterocycles. The van der Waals surface area contributed by atoms with Crippen molar-refractivity contribution >= 4 is 41.4 Å². The molecule has 2 aromatic carbocycles. The first kappa shape index (κ1) is 31.0. The quantitative estimate of drug-likeness (QED) is 0.133. The van der Waals surface area contributed by atoms with Gasteiger partial charge in [-0.1, -0.05) is 54.1 Å². The molecular formula is C31H36ClN3O4S. The average molecular weight is 582 g/mol. The van der Waals surface area contributed by atoms with Crippen LogP contribution in [0, 0.1) is 0 Å². The first-order valence-electron chi connectivity index (χ1n) is 13.2. The highest BCUT2D eigenvalue weighted by molar-refractivity contribution is 7.98. The summed E-state index contributed by atoms with van der Waals surface area (Å²) in [5, 5.41) is 6.20. The number of rotatable bonds is 13. The number of benzene rings is 2. The Hall–Kier alpha value is -3.49. The first-order valence-corrected chi connectivity index (χ1v) is 14.5. The number of amides is 2. The fourth-order valence-corrected chi connectivity index (χ4v) is 4.63. The average Bonchev–Trinajstić information content (AvgIpc) is 2.91. The van der Waals surface area contributed by atoms with Crippen LogP contribution in [0.5, 0.6) is 5.75 Å². The van der Waals surface area contributed by atoms with Crippen molar-refractivity contribution in [1.29, 1.82) is 0 Å². The third kappa shape index (κ3) is 11.7. The van der Waals surface area contributed by atoms with Crippen LogP contribution in [0.25, 0.3) is 6.08 Å². The van der Waals surface area contributed by atoms with E-state index in [1.165, 1.54) is 11.6 Å². The molecule has 0 aliphatic rings. The van der Waals surface area contributed by atoms with Gasteiger partial charge in [-0.05, 0) is 63.1 Å². The van der Waals surface area contributed by atoms with Crippen molar-refractivity contribution in [2.24, 2.45) is 0 Å². The highest BCUT2D eigenvalue weighted by atomic mass is 35.5. The first-order chi connectivity index (χ1) is 19.2. The second kappa shape index (κ2) is 15.9. The number of ether oxygens (including phenoxy) is 2. The molecule has 0 aliphatic heterocycles. The Balaban J connectivity index is 1.57. The van der Waals surface area contributed by atoms with Crippen LogP contribution < -0.4 is 15.4 Å². The molecule has 0 atom stereocenters. The van der Waals surface area contributed by atoms with E-state index < -0.39 is 11.7 Å². The van der Waals surface area contributed by atoms with E-state index in [0.29, 0.717) is 48.3 Å². The number of nitrogens with one attached hydrogen (secondary N) is 2. The summed E-state index contributed by atoms with van der Waals surface area (Å²) in [6.45, 7) is 6.70. The summed E-state index contributed by atoms with van der Waals surface area (Å²) in [7, 11) is 0. The van der Waals surface area contributed by atoms with E-state index in [4.69, 9.17) is 26.1 Å². The molecule has 0 aliphatic carbocycles. The fourth-order valence-electron chi connectivity index (χ4n) is 3.48. The Morgan fingerprint density at radius 1 is 0.975 bits per heavy atom. The van der Waals surface area contributed by atoms with Crippen LogP contribution in [-0.4, -0.2) is 42.3 Å². The molecule has 0 bridgehead atoms. The standard InChI is InChI=1S/C31H36ClN3O4S/c1-31(2,3)39-30(37)34-20-9-19-33-29(36)17-15-26-27(38-21-18-23-10-5-4-6-11-23)16-14-24(35-26)22-40-28-13-8-7-12-25(28)32/h4-8,10-17H,9,18-22H2,1-3H3,(H,33,36)(H,34,37)/b17-15+. The molecule has 7 nitrogen and oxygen atoms in total. The highest BCUT2D eigenvalue weighted by Gasteiger charge is 2.15. The Labute approximate surface area is 245 Å². The number of aromatic nitrogens is 1. The molecule has 0 radical (unpaired) electrons. The molecule has 1 heterocycles. The number of halogens is 1. The summed E-state index contributed by atoms with van der Waals surface area (Å²) < 4.78 is 11.3. The predicted molar refractivity (Wildman–Crippen MR) is 162 cm³/mol. The van der Waals surface area contributed by atoms with Gasteiger partial charge < -0.3 is 20.1 Å². The maximum atomic E-state index is 12.4. The number of carbonyl (C=O) groups is 2. The molecule has 0 unspecified atom stereocenters. The predicted octanol–water partition coefficient (Wildman–Crippen LogP) is 6.69. The number of carbonyl (C=O) groups excluding carboxylic acids is 2. The lowest BCUT2D eigenvalue weighted by atomic mass is 10.2. The van der Waals surface area contributed by atoms with Gasteiger partial charge in [0.2, 0.25) is 5.91 Å². The fraction of sp³-hybridized carbons (Fsp3) is 0.323. The minimum Gasteiger partial charge on any atom is -0.491 e. The maximum Gasteiger partial charge on any atom is 0.407 e. The molecule has 212 valence electrons. The molecule has 0 saturated carbocycles. The second-order valence-electron chi connectivity index (χ2n) is 9.90. The lowest BCUT2D eigenvalue weighted by Crippen LogP contribution is -2.34. The van der Waals surface area contributed by atoms with Crippen LogP contribution in [0.4, 0.5) is 4.79 Å². The number of alkyl carbamates (subject to hydrolysis) is 1. The summed E-state index contributed by atoms with van der Waals surface area (Å²) in [5.41, 5.74) is 2.05. The molecule has 0 spiro atoms. The molecule has 40 heavy (non-hydrogen) atoms. The third-order valence-corrected chi connectivity index (χ3v) is 6.91. The lowest BCUT2D eigenvalue weighted by molar-refractivity contribution is -0.116. The molecular weight excluding hydrogens is 546 g/mol. The molecule has 9 heteroatoms. The third-order valence-electron chi connectivity index (χ3n) is 5.36. The van der Waals surface area contributed by atoms with Crippen LogP contribution in [0.1, 0.15) is 44.1 Å². The van der Waals surface area contributed by atoms with E-state index in [1.54, 1.807) is 38.6 Å². The second-order valence-corrected chi connectivity index (χ2v) is 11.3. The van der Waals surface area contributed by atoms with Crippen molar-refractivity contribution in [1.82, 2.24) is 15.6 Å². The van der Waals surface area contributed by atoms with Crippen LogP contribution in [-0.2, 0) is 21.7 Å². The minimum absolute atomic E-state index is 0.259. The SMILES string of the molecule is CC(C)(C)OC(=O)NCCCNC(=O)/C=C/c1nc(CSc2ccccc2Cl)ccc1OCCc1ccccc1. The van der Waals surface area contributed by atoms with Crippen molar-refractivity contribution in [3.63, 3.8) is 0 Å². The van der Waals surface area contributed by atoms with Crippen molar-refractivity contribution in [3.8, 4) is 5.75 Å². The van der Waals surface area contributed by atoms with E-state index >= 15 is 0 Å². The van der Waals surface area contributed by atoms with Crippen molar-refractivity contribution in [2.75, 3.05) is 19.7 Å². The number of hydrogen-bond acceptors (Lipinski definition) is 6. The maximum absolute atomic E-state index is 12.4. The Morgan fingerprint density at radius 3 is 2.45 bits per heavy atom.